The minimum atomic E-state index is -0.656. The van der Waals surface area contributed by atoms with Crippen molar-refractivity contribution in [1.29, 1.82) is 5.26 Å². The van der Waals surface area contributed by atoms with Crippen LogP contribution < -0.4 is 5.32 Å². The molecular formula is C14H15N3O. The Morgan fingerprint density at radius 1 is 1.50 bits per heavy atom. The van der Waals surface area contributed by atoms with E-state index in [1.54, 1.807) is 18.5 Å². The Bertz CT molecular complexity index is 482. The van der Waals surface area contributed by atoms with Gasteiger partial charge >= 0.3 is 0 Å². The maximum absolute atomic E-state index is 11.8. The number of hydrogen-bond acceptors (Lipinski definition) is 3. The van der Waals surface area contributed by atoms with Gasteiger partial charge in [-0.1, -0.05) is 6.07 Å². The van der Waals surface area contributed by atoms with Crippen molar-refractivity contribution in [2.45, 2.75) is 31.2 Å². The molecule has 1 N–H and O–H groups in total. The lowest BCUT2D eigenvalue weighted by Gasteiger charge is -2.20. The van der Waals surface area contributed by atoms with Crippen LogP contribution in [0.1, 0.15) is 31.2 Å². The zero-order valence-electron chi connectivity index (χ0n) is 10.1. The van der Waals surface area contributed by atoms with Crippen molar-refractivity contribution in [2.75, 3.05) is 0 Å². The molecule has 4 nitrogen and oxygen atoms in total. The number of rotatable bonds is 3. The van der Waals surface area contributed by atoms with E-state index in [1.807, 2.05) is 12.1 Å². The van der Waals surface area contributed by atoms with Crippen LogP contribution in [0, 0.1) is 11.3 Å². The third-order valence-electron chi connectivity index (χ3n) is 3.15. The van der Waals surface area contributed by atoms with Gasteiger partial charge in [-0.3, -0.25) is 9.78 Å². The zero-order valence-corrected chi connectivity index (χ0v) is 10.1. The molecule has 0 aliphatic heterocycles. The quantitative estimate of drug-likeness (QED) is 0.823. The second kappa shape index (κ2) is 5.46. The molecule has 0 atom stereocenters. The van der Waals surface area contributed by atoms with E-state index in [4.69, 9.17) is 5.26 Å². The van der Waals surface area contributed by atoms with E-state index in [0.717, 1.165) is 31.2 Å². The first-order valence-electron chi connectivity index (χ1n) is 6.06. The molecule has 0 radical (unpaired) electrons. The van der Waals surface area contributed by atoms with E-state index in [-0.39, 0.29) is 5.91 Å². The first-order valence-corrected chi connectivity index (χ1v) is 6.06. The Hall–Kier alpha value is -2.15. The standard InChI is InChI=1S/C14H15N3O/c15-11-14(7-1-2-8-14)17-13(18)6-5-12-4-3-9-16-10-12/h3-6,9-10H,1-2,7-8H2,(H,17,18)/b6-5+. The molecule has 1 aliphatic carbocycles. The number of amides is 1. The predicted octanol–water partition coefficient (Wildman–Crippen LogP) is 2.05. The highest BCUT2D eigenvalue weighted by Crippen LogP contribution is 2.28. The van der Waals surface area contributed by atoms with E-state index in [1.165, 1.54) is 6.08 Å². The Labute approximate surface area is 106 Å². The molecule has 0 bridgehead atoms. The van der Waals surface area contributed by atoms with Crippen molar-refractivity contribution in [1.82, 2.24) is 10.3 Å². The molecule has 18 heavy (non-hydrogen) atoms. The normalized spacial score (nSPS) is 17.5. The number of aromatic nitrogens is 1. The fraction of sp³-hybridized carbons (Fsp3) is 0.357. The van der Waals surface area contributed by atoms with Gasteiger partial charge in [0, 0.05) is 18.5 Å². The van der Waals surface area contributed by atoms with E-state index in [0.29, 0.717) is 0 Å². The SMILES string of the molecule is N#CC1(NC(=O)/C=C/c2cccnc2)CCCC1. The molecule has 1 aromatic rings. The van der Waals surface area contributed by atoms with Crippen LogP contribution in [0.15, 0.2) is 30.6 Å². The van der Waals surface area contributed by atoms with Gasteiger partial charge in [-0.25, -0.2) is 0 Å². The second-order valence-corrected chi connectivity index (χ2v) is 4.51. The molecule has 0 unspecified atom stereocenters. The minimum absolute atomic E-state index is 0.220. The third-order valence-corrected chi connectivity index (χ3v) is 3.15. The molecule has 1 aliphatic rings. The Morgan fingerprint density at radius 3 is 2.89 bits per heavy atom. The lowest BCUT2D eigenvalue weighted by atomic mass is 10.00. The highest BCUT2D eigenvalue weighted by molar-refractivity contribution is 5.92. The summed E-state index contributed by atoms with van der Waals surface area (Å²) in [5.41, 5.74) is 0.209. The van der Waals surface area contributed by atoms with Crippen LogP contribution in [-0.4, -0.2) is 16.4 Å². The molecule has 2 rings (SSSR count). The van der Waals surface area contributed by atoms with Crippen molar-refractivity contribution < 1.29 is 4.79 Å². The van der Waals surface area contributed by atoms with Gasteiger partial charge in [0.25, 0.3) is 0 Å². The fourth-order valence-corrected chi connectivity index (χ4v) is 2.17. The fourth-order valence-electron chi connectivity index (χ4n) is 2.17. The Balaban J connectivity index is 1.97. The zero-order chi connectivity index (χ0) is 12.8. The predicted molar refractivity (Wildman–Crippen MR) is 68.2 cm³/mol. The Kier molecular flexibility index (Phi) is 3.73. The highest BCUT2D eigenvalue weighted by atomic mass is 16.1. The van der Waals surface area contributed by atoms with Crippen LogP contribution >= 0.6 is 0 Å². The minimum Gasteiger partial charge on any atom is -0.334 e. The number of nitrogens with zero attached hydrogens (tertiary/aromatic N) is 2. The summed E-state index contributed by atoms with van der Waals surface area (Å²) >= 11 is 0. The van der Waals surface area contributed by atoms with Crippen LogP contribution in [0.3, 0.4) is 0 Å². The molecule has 1 aromatic heterocycles. The smallest absolute Gasteiger partial charge is 0.245 e. The lowest BCUT2D eigenvalue weighted by Crippen LogP contribution is -2.44. The van der Waals surface area contributed by atoms with Gasteiger partial charge in [0.2, 0.25) is 5.91 Å². The number of carbonyl (C=O) groups is 1. The van der Waals surface area contributed by atoms with Crippen LogP contribution in [0.25, 0.3) is 6.08 Å². The lowest BCUT2D eigenvalue weighted by molar-refractivity contribution is -0.117. The molecular weight excluding hydrogens is 226 g/mol. The maximum atomic E-state index is 11.8. The topological polar surface area (TPSA) is 65.8 Å². The van der Waals surface area contributed by atoms with Gasteiger partial charge in [0.1, 0.15) is 5.54 Å². The van der Waals surface area contributed by atoms with E-state index in [9.17, 15) is 4.79 Å². The molecule has 4 heteroatoms. The number of nitrogens with one attached hydrogen (secondary N) is 1. The maximum Gasteiger partial charge on any atom is 0.245 e. The average molecular weight is 241 g/mol. The number of pyridine rings is 1. The molecule has 1 heterocycles. The van der Waals surface area contributed by atoms with E-state index >= 15 is 0 Å². The number of carbonyl (C=O) groups excluding carboxylic acids is 1. The first-order chi connectivity index (χ1) is 8.74. The third kappa shape index (κ3) is 2.95. The second-order valence-electron chi connectivity index (χ2n) is 4.51. The molecule has 0 spiro atoms. The molecule has 92 valence electrons. The van der Waals surface area contributed by atoms with Crippen LogP contribution in [0.4, 0.5) is 0 Å². The van der Waals surface area contributed by atoms with Crippen molar-refractivity contribution in [3.63, 3.8) is 0 Å². The van der Waals surface area contributed by atoms with Crippen LogP contribution in [0.5, 0.6) is 0 Å². The van der Waals surface area contributed by atoms with Crippen molar-refractivity contribution in [3.8, 4) is 6.07 Å². The Morgan fingerprint density at radius 2 is 2.28 bits per heavy atom. The first kappa shape index (κ1) is 12.3. The summed E-state index contributed by atoms with van der Waals surface area (Å²) in [4.78, 5) is 15.7. The van der Waals surface area contributed by atoms with Crippen molar-refractivity contribution in [3.05, 3.63) is 36.2 Å². The summed E-state index contributed by atoms with van der Waals surface area (Å²) in [6.45, 7) is 0. The van der Waals surface area contributed by atoms with Gasteiger partial charge < -0.3 is 5.32 Å². The summed E-state index contributed by atoms with van der Waals surface area (Å²) in [6, 6.07) is 5.91. The summed E-state index contributed by atoms with van der Waals surface area (Å²) in [5, 5.41) is 12.0. The molecule has 1 saturated carbocycles. The molecule has 1 amide bonds. The van der Waals surface area contributed by atoms with E-state index < -0.39 is 5.54 Å². The van der Waals surface area contributed by atoms with Crippen LogP contribution in [-0.2, 0) is 4.79 Å². The molecule has 0 aromatic carbocycles. The average Bonchev–Trinajstić information content (AvgIpc) is 2.87. The van der Waals surface area contributed by atoms with E-state index in [2.05, 4.69) is 16.4 Å². The molecule has 0 saturated heterocycles. The van der Waals surface area contributed by atoms with Gasteiger partial charge in [0.15, 0.2) is 0 Å². The summed E-state index contributed by atoms with van der Waals surface area (Å²) in [5.74, 6) is -0.220. The van der Waals surface area contributed by atoms with Crippen LogP contribution in [0.2, 0.25) is 0 Å². The monoisotopic (exact) mass is 241 g/mol. The summed E-state index contributed by atoms with van der Waals surface area (Å²) in [7, 11) is 0. The summed E-state index contributed by atoms with van der Waals surface area (Å²) < 4.78 is 0. The van der Waals surface area contributed by atoms with Crippen molar-refractivity contribution >= 4 is 12.0 Å². The number of nitriles is 1. The summed E-state index contributed by atoms with van der Waals surface area (Å²) in [6.07, 6.45) is 10.0. The largest absolute Gasteiger partial charge is 0.334 e. The molecule has 1 fully saturated rings. The van der Waals surface area contributed by atoms with Gasteiger partial charge in [-0.05, 0) is 43.4 Å². The van der Waals surface area contributed by atoms with Crippen molar-refractivity contribution in [2.24, 2.45) is 0 Å². The number of hydrogen-bond donors (Lipinski definition) is 1. The van der Waals surface area contributed by atoms with Gasteiger partial charge in [-0.2, -0.15) is 5.26 Å². The van der Waals surface area contributed by atoms with Gasteiger partial charge in [0.05, 0.1) is 6.07 Å². The van der Waals surface area contributed by atoms with Gasteiger partial charge in [-0.15, -0.1) is 0 Å². The highest BCUT2D eigenvalue weighted by Gasteiger charge is 2.34.